The highest BCUT2D eigenvalue weighted by Crippen LogP contribution is 2.32. The normalized spacial score (nSPS) is 14.3. The fourth-order valence-electron chi connectivity index (χ4n) is 3.86. The Bertz CT molecular complexity index is 1150. The van der Waals surface area contributed by atoms with Gasteiger partial charge in [-0.25, -0.2) is 9.97 Å². The van der Waals surface area contributed by atoms with Gasteiger partial charge in [0.25, 0.3) is 0 Å². The Morgan fingerprint density at radius 2 is 1.93 bits per heavy atom. The van der Waals surface area contributed by atoms with Gasteiger partial charge in [-0.2, -0.15) is 0 Å². The van der Waals surface area contributed by atoms with Crippen LogP contribution in [-0.2, 0) is 19.5 Å². The number of aromatic nitrogens is 2. The second-order valence-electron chi connectivity index (χ2n) is 7.39. The van der Waals surface area contributed by atoms with Crippen LogP contribution in [0.5, 0.6) is 0 Å². The van der Waals surface area contributed by atoms with Crippen LogP contribution in [0.15, 0.2) is 54.7 Å². The van der Waals surface area contributed by atoms with Crippen molar-refractivity contribution in [2.24, 2.45) is 0 Å². The van der Waals surface area contributed by atoms with E-state index in [1.54, 1.807) is 0 Å². The van der Waals surface area contributed by atoms with Crippen molar-refractivity contribution >= 4 is 27.1 Å². The lowest BCUT2D eigenvalue weighted by molar-refractivity contribution is 0.245. The Hall–Kier alpha value is -2.76. The number of aryl methyl sites for hydroxylation is 1. The molecule has 0 aliphatic carbocycles. The van der Waals surface area contributed by atoms with Crippen LogP contribution >= 0.6 is 11.3 Å². The van der Waals surface area contributed by atoms with Gasteiger partial charge in [-0.3, -0.25) is 4.90 Å². The van der Waals surface area contributed by atoms with Crippen LogP contribution in [0.1, 0.15) is 21.7 Å². The van der Waals surface area contributed by atoms with Crippen LogP contribution in [0.4, 0.5) is 5.69 Å². The average molecular weight is 387 g/mol. The Balaban J connectivity index is 1.36. The monoisotopic (exact) mass is 386 g/mol. The topological polar surface area (TPSA) is 55.0 Å². The van der Waals surface area contributed by atoms with Crippen LogP contribution in [0.3, 0.4) is 0 Å². The van der Waals surface area contributed by atoms with Crippen molar-refractivity contribution in [3.63, 3.8) is 0 Å². The van der Waals surface area contributed by atoms with Crippen LogP contribution in [-0.4, -0.2) is 21.4 Å². The Labute approximate surface area is 168 Å². The molecular formula is C23H22N4S. The molecule has 1 aliphatic heterocycles. The molecule has 0 spiro atoms. The molecule has 2 aromatic carbocycles. The quantitative estimate of drug-likeness (QED) is 0.514. The summed E-state index contributed by atoms with van der Waals surface area (Å²) in [5, 5.41) is 1.39. The number of anilines is 1. The molecule has 0 bridgehead atoms. The third kappa shape index (κ3) is 3.17. The van der Waals surface area contributed by atoms with Crippen molar-refractivity contribution < 1.29 is 0 Å². The minimum atomic E-state index is 0.758. The number of hydrogen-bond donors (Lipinski definition) is 1. The maximum Gasteiger partial charge on any atom is 0.159 e. The van der Waals surface area contributed by atoms with Gasteiger partial charge < -0.3 is 5.73 Å². The molecule has 5 heteroatoms. The maximum atomic E-state index is 5.78. The molecule has 5 rings (SSSR count). The van der Waals surface area contributed by atoms with Gasteiger partial charge in [-0.1, -0.05) is 18.2 Å². The van der Waals surface area contributed by atoms with Gasteiger partial charge in [0.15, 0.2) is 5.82 Å². The molecular weight excluding hydrogens is 364 g/mol. The van der Waals surface area contributed by atoms with Gasteiger partial charge in [-0.05, 0) is 48.2 Å². The summed E-state index contributed by atoms with van der Waals surface area (Å²) >= 11 is 1.92. The van der Waals surface area contributed by atoms with Gasteiger partial charge in [-0.15, -0.1) is 11.3 Å². The Morgan fingerprint density at radius 1 is 1.11 bits per heavy atom. The number of thiophene rings is 1. The molecule has 4 nitrogen and oxygen atoms in total. The highest BCUT2D eigenvalue weighted by Gasteiger charge is 2.20. The Kier molecular flexibility index (Phi) is 4.34. The van der Waals surface area contributed by atoms with Crippen molar-refractivity contribution in [1.82, 2.24) is 14.9 Å². The summed E-state index contributed by atoms with van der Waals surface area (Å²) in [4.78, 5) is 13.4. The minimum absolute atomic E-state index is 0.758. The first-order valence-electron chi connectivity index (χ1n) is 9.57. The van der Waals surface area contributed by atoms with E-state index in [2.05, 4.69) is 41.1 Å². The molecule has 2 aromatic heterocycles. The summed E-state index contributed by atoms with van der Waals surface area (Å²) in [7, 11) is 0. The van der Waals surface area contributed by atoms with E-state index in [0.717, 1.165) is 43.1 Å². The SMILES string of the molecule is Cc1c(CN2CCc3nc(-c4ccc(N)cc4)ncc3C2)sc2ccccc12. The fraction of sp³-hybridized carbons (Fsp3) is 0.217. The van der Waals surface area contributed by atoms with Crippen molar-refractivity contribution in [1.29, 1.82) is 0 Å². The lowest BCUT2D eigenvalue weighted by atomic mass is 10.1. The lowest BCUT2D eigenvalue weighted by Gasteiger charge is -2.27. The number of nitrogens with two attached hydrogens (primary N) is 1. The molecule has 0 fully saturated rings. The number of rotatable bonds is 3. The first-order chi connectivity index (χ1) is 13.7. The molecule has 140 valence electrons. The molecule has 0 unspecified atom stereocenters. The predicted molar refractivity (Wildman–Crippen MR) is 116 cm³/mol. The molecule has 0 atom stereocenters. The van der Waals surface area contributed by atoms with Gasteiger partial charge >= 0.3 is 0 Å². The summed E-state index contributed by atoms with van der Waals surface area (Å²) in [5.74, 6) is 0.785. The number of nitrogens with zero attached hydrogens (tertiary/aromatic N) is 3. The number of fused-ring (bicyclic) bond motifs is 2. The molecule has 0 saturated carbocycles. The van der Waals surface area contributed by atoms with Crippen LogP contribution in [0.25, 0.3) is 21.5 Å². The molecule has 2 N–H and O–H groups in total. The van der Waals surface area contributed by atoms with Crippen LogP contribution in [0, 0.1) is 6.92 Å². The van der Waals surface area contributed by atoms with Gasteiger partial charge in [0, 0.05) is 58.6 Å². The van der Waals surface area contributed by atoms with E-state index in [0.29, 0.717) is 0 Å². The van der Waals surface area contributed by atoms with E-state index >= 15 is 0 Å². The van der Waals surface area contributed by atoms with E-state index < -0.39 is 0 Å². The van der Waals surface area contributed by atoms with Gasteiger partial charge in [0.1, 0.15) is 0 Å². The molecule has 4 aromatic rings. The highest BCUT2D eigenvalue weighted by atomic mass is 32.1. The summed E-state index contributed by atoms with van der Waals surface area (Å²) in [6.07, 6.45) is 2.96. The summed E-state index contributed by atoms with van der Waals surface area (Å²) in [5.41, 5.74) is 11.4. The smallest absolute Gasteiger partial charge is 0.159 e. The van der Waals surface area contributed by atoms with E-state index in [1.165, 1.54) is 31.8 Å². The third-order valence-electron chi connectivity index (χ3n) is 5.49. The zero-order valence-corrected chi connectivity index (χ0v) is 16.7. The largest absolute Gasteiger partial charge is 0.399 e. The van der Waals surface area contributed by atoms with E-state index in [9.17, 15) is 0 Å². The van der Waals surface area contributed by atoms with Gasteiger partial charge in [0.2, 0.25) is 0 Å². The average Bonchev–Trinajstić information content (AvgIpc) is 3.04. The van der Waals surface area contributed by atoms with Crippen molar-refractivity contribution in [3.05, 3.63) is 76.4 Å². The highest BCUT2D eigenvalue weighted by molar-refractivity contribution is 7.19. The summed E-state index contributed by atoms with van der Waals surface area (Å²) in [6, 6.07) is 16.4. The number of benzene rings is 2. The maximum absolute atomic E-state index is 5.78. The van der Waals surface area contributed by atoms with E-state index in [-0.39, 0.29) is 0 Å². The standard InChI is InChI=1S/C23H22N4S/c1-15-19-4-2-3-5-21(19)28-22(15)14-27-11-10-20-17(13-27)12-25-23(26-20)16-6-8-18(24)9-7-16/h2-9,12H,10-11,13-14,24H2,1H3. The molecule has 1 aliphatic rings. The first kappa shape index (κ1) is 17.3. The zero-order valence-electron chi connectivity index (χ0n) is 15.9. The van der Waals surface area contributed by atoms with Crippen molar-refractivity contribution in [2.75, 3.05) is 12.3 Å². The number of hydrogen-bond acceptors (Lipinski definition) is 5. The predicted octanol–water partition coefficient (Wildman–Crippen LogP) is 4.81. The minimum Gasteiger partial charge on any atom is -0.399 e. The molecule has 0 radical (unpaired) electrons. The number of nitrogen functional groups attached to an aromatic ring is 1. The third-order valence-corrected chi connectivity index (χ3v) is 6.75. The zero-order chi connectivity index (χ0) is 19.1. The molecule has 0 amide bonds. The fourth-order valence-corrected chi connectivity index (χ4v) is 5.11. The summed E-state index contributed by atoms with van der Waals surface area (Å²) in [6.45, 7) is 5.17. The molecule has 3 heterocycles. The first-order valence-corrected chi connectivity index (χ1v) is 10.4. The van der Waals surface area contributed by atoms with Crippen molar-refractivity contribution in [2.45, 2.75) is 26.4 Å². The van der Waals surface area contributed by atoms with E-state index in [4.69, 9.17) is 10.7 Å². The van der Waals surface area contributed by atoms with Crippen molar-refractivity contribution in [3.8, 4) is 11.4 Å². The van der Waals surface area contributed by atoms with Crippen LogP contribution < -0.4 is 5.73 Å². The second kappa shape index (κ2) is 7.00. The van der Waals surface area contributed by atoms with Crippen LogP contribution in [0.2, 0.25) is 0 Å². The van der Waals surface area contributed by atoms with E-state index in [1.807, 2.05) is 41.8 Å². The molecule has 28 heavy (non-hydrogen) atoms. The molecule has 0 saturated heterocycles. The summed E-state index contributed by atoms with van der Waals surface area (Å²) < 4.78 is 1.38. The lowest BCUT2D eigenvalue weighted by Crippen LogP contribution is -2.30. The second-order valence-corrected chi connectivity index (χ2v) is 8.53. The van der Waals surface area contributed by atoms with Gasteiger partial charge in [0.05, 0.1) is 5.69 Å². The Morgan fingerprint density at radius 3 is 2.75 bits per heavy atom.